The molecule has 0 aliphatic carbocycles. The molecule has 2 heterocycles. The summed E-state index contributed by atoms with van der Waals surface area (Å²) in [5.41, 5.74) is 0.857. The van der Waals surface area contributed by atoms with E-state index in [1.807, 2.05) is 13.0 Å². The molecule has 1 aromatic heterocycles. The lowest BCUT2D eigenvalue weighted by molar-refractivity contribution is 0.246. The lowest BCUT2D eigenvalue weighted by Gasteiger charge is -2.34. The van der Waals surface area contributed by atoms with Crippen molar-refractivity contribution in [2.75, 3.05) is 11.9 Å². The molecule has 27 heavy (non-hydrogen) atoms. The Labute approximate surface area is 158 Å². The number of sulfonamides is 1. The van der Waals surface area contributed by atoms with E-state index in [9.17, 15) is 8.42 Å². The summed E-state index contributed by atoms with van der Waals surface area (Å²) >= 11 is 0. The van der Waals surface area contributed by atoms with Crippen LogP contribution < -0.4 is 5.32 Å². The lowest BCUT2D eigenvalue weighted by atomic mass is 10.0. The first-order chi connectivity index (χ1) is 13.1. The van der Waals surface area contributed by atoms with Crippen molar-refractivity contribution in [3.05, 3.63) is 36.3 Å². The smallest absolute Gasteiger partial charge is 0.243 e. The molecule has 0 saturated carbocycles. The standard InChI is InChI=1S/C17H21N7O2S/c1-2-15-5-3-4-10-24(15)27(25,26)16-8-6-14(7-9-16)19-12-13(11-18)17-20-22-23-21-17/h6-9,12,15,19H,2-5,10H2,1H3,(H,20,21,22,23). The first-order valence-electron chi connectivity index (χ1n) is 8.78. The number of H-pyrrole nitrogens is 1. The molecule has 1 aliphatic heterocycles. The zero-order chi connectivity index (χ0) is 19.3. The van der Waals surface area contributed by atoms with Crippen molar-refractivity contribution in [2.45, 2.75) is 43.5 Å². The molecule has 142 valence electrons. The van der Waals surface area contributed by atoms with E-state index in [-0.39, 0.29) is 22.3 Å². The van der Waals surface area contributed by atoms with Crippen molar-refractivity contribution in [3.8, 4) is 6.07 Å². The van der Waals surface area contributed by atoms with Crippen LogP contribution in [0.4, 0.5) is 5.69 Å². The maximum absolute atomic E-state index is 13.0. The largest absolute Gasteiger partial charge is 0.360 e. The Morgan fingerprint density at radius 1 is 1.41 bits per heavy atom. The Bertz CT molecular complexity index is 931. The number of hydrogen-bond donors (Lipinski definition) is 2. The molecule has 0 spiro atoms. The van der Waals surface area contributed by atoms with Gasteiger partial charge in [0.15, 0.2) is 0 Å². The molecule has 0 bridgehead atoms. The van der Waals surface area contributed by atoms with Crippen molar-refractivity contribution in [2.24, 2.45) is 0 Å². The number of benzene rings is 1. The number of nitrogens with one attached hydrogen (secondary N) is 2. The summed E-state index contributed by atoms with van der Waals surface area (Å²) < 4.78 is 27.5. The highest BCUT2D eigenvalue weighted by Gasteiger charge is 2.32. The topological polar surface area (TPSA) is 128 Å². The highest BCUT2D eigenvalue weighted by atomic mass is 32.2. The summed E-state index contributed by atoms with van der Waals surface area (Å²) in [4.78, 5) is 0.274. The van der Waals surface area contributed by atoms with E-state index in [0.29, 0.717) is 12.2 Å². The van der Waals surface area contributed by atoms with Gasteiger partial charge in [0.05, 0.1) is 4.90 Å². The van der Waals surface area contributed by atoms with E-state index in [1.165, 1.54) is 6.20 Å². The molecule has 1 saturated heterocycles. The molecule has 2 aromatic rings. The molecular weight excluding hydrogens is 366 g/mol. The molecule has 1 atom stereocenters. The predicted octanol–water partition coefficient (Wildman–Crippen LogP) is 2.13. The zero-order valence-electron chi connectivity index (χ0n) is 15.0. The Balaban J connectivity index is 1.76. The molecule has 9 nitrogen and oxygen atoms in total. The highest BCUT2D eigenvalue weighted by Crippen LogP contribution is 2.27. The van der Waals surface area contributed by atoms with Gasteiger partial charge in [-0.15, -0.1) is 10.2 Å². The number of piperidine rings is 1. The first kappa shape index (κ1) is 19.0. The molecule has 0 amide bonds. The minimum absolute atomic E-state index is 0.0673. The quantitative estimate of drug-likeness (QED) is 0.727. The van der Waals surface area contributed by atoms with Crippen molar-refractivity contribution in [3.63, 3.8) is 0 Å². The third kappa shape index (κ3) is 4.15. The van der Waals surface area contributed by atoms with Gasteiger partial charge in [-0.05, 0) is 48.7 Å². The van der Waals surface area contributed by atoms with Crippen LogP contribution in [0, 0.1) is 11.3 Å². The van der Waals surface area contributed by atoms with Crippen LogP contribution in [0.25, 0.3) is 5.57 Å². The highest BCUT2D eigenvalue weighted by molar-refractivity contribution is 7.89. The second-order valence-electron chi connectivity index (χ2n) is 6.25. The Kier molecular flexibility index (Phi) is 5.83. The van der Waals surface area contributed by atoms with Crippen LogP contribution >= 0.6 is 0 Å². The Morgan fingerprint density at radius 2 is 2.19 bits per heavy atom. The summed E-state index contributed by atoms with van der Waals surface area (Å²) in [6, 6.07) is 8.53. The number of hydrogen-bond acceptors (Lipinski definition) is 7. The minimum Gasteiger partial charge on any atom is -0.360 e. The second kappa shape index (κ2) is 8.28. The van der Waals surface area contributed by atoms with Gasteiger partial charge < -0.3 is 5.32 Å². The molecule has 1 fully saturated rings. The SMILES string of the molecule is CCC1CCCCN1S(=O)(=O)c1ccc(NC=C(C#N)c2nn[nH]n2)cc1. The number of anilines is 1. The fourth-order valence-corrected chi connectivity index (χ4v) is 4.90. The van der Waals surface area contributed by atoms with Crippen molar-refractivity contribution >= 4 is 21.3 Å². The number of nitriles is 1. The van der Waals surface area contributed by atoms with Crippen LogP contribution in [-0.4, -0.2) is 45.9 Å². The first-order valence-corrected chi connectivity index (χ1v) is 10.2. The van der Waals surface area contributed by atoms with Crippen LogP contribution in [0.15, 0.2) is 35.4 Å². The number of allylic oxidation sites excluding steroid dienone is 1. The monoisotopic (exact) mass is 387 g/mol. The second-order valence-corrected chi connectivity index (χ2v) is 8.14. The van der Waals surface area contributed by atoms with E-state index < -0.39 is 10.0 Å². The minimum atomic E-state index is -3.51. The predicted molar refractivity (Wildman–Crippen MR) is 99.7 cm³/mol. The van der Waals surface area contributed by atoms with Crippen LogP contribution in [0.1, 0.15) is 38.4 Å². The van der Waals surface area contributed by atoms with Crippen LogP contribution in [-0.2, 0) is 10.0 Å². The fraction of sp³-hybridized carbons (Fsp3) is 0.412. The van der Waals surface area contributed by atoms with Gasteiger partial charge in [-0.1, -0.05) is 13.3 Å². The summed E-state index contributed by atoms with van der Waals surface area (Å²) in [5.74, 6) is 0.180. The van der Waals surface area contributed by atoms with Gasteiger partial charge in [-0.2, -0.15) is 14.8 Å². The average molecular weight is 387 g/mol. The summed E-state index contributed by atoms with van der Waals surface area (Å²) in [6.07, 6.45) is 5.14. The van der Waals surface area contributed by atoms with Gasteiger partial charge in [-0.25, -0.2) is 8.42 Å². The van der Waals surface area contributed by atoms with Gasteiger partial charge in [0, 0.05) is 24.5 Å². The Morgan fingerprint density at radius 3 is 2.81 bits per heavy atom. The fourth-order valence-electron chi connectivity index (χ4n) is 3.14. The van der Waals surface area contributed by atoms with E-state index in [2.05, 4.69) is 25.9 Å². The van der Waals surface area contributed by atoms with Gasteiger partial charge >= 0.3 is 0 Å². The van der Waals surface area contributed by atoms with Crippen LogP contribution in [0.5, 0.6) is 0 Å². The van der Waals surface area contributed by atoms with E-state index in [0.717, 1.165) is 25.7 Å². The summed E-state index contributed by atoms with van der Waals surface area (Å²) in [7, 11) is -3.51. The molecule has 1 unspecified atom stereocenters. The molecule has 0 radical (unpaired) electrons. The molecule has 1 aliphatic rings. The number of aromatic nitrogens is 4. The van der Waals surface area contributed by atoms with E-state index >= 15 is 0 Å². The van der Waals surface area contributed by atoms with E-state index in [4.69, 9.17) is 5.26 Å². The number of nitrogens with zero attached hydrogens (tertiary/aromatic N) is 5. The molecule has 1 aromatic carbocycles. The normalized spacial score (nSPS) is 18.8. The van der Waals surface area contributed by atoms with E-state index in [1.54, 1.807) is 28.6 Å². The molecule has 3 rings (SSSR count). The molecule has 2 N–H and O–H groups in total. The van der Waals surface area contributed by atoms with Gasteiger partial charge in [0.2, 0.25) is 15.8 Å². The number of tetrazole rings is 1. The number of rotatable bonds is 6. The van der Waals surface area contributed by atoms with Gasteiger partial charge in [0.25, 0.3) is 0 Å². The van der Waals surface area contributed by atoms with Gasteiger partial charge in [0.1, 0.15) is 11.6 Å². The van der Waals surface area contributed by atoms with Crippen LogP contribution in [0.2, 0.25) is 0 Å². The third-order valence-electron chi connectivity index (χ3n) is 4.60. The Hall–Kier alpha value is -2.77. The summed E-state index contributed by atoms with van der Waals surface area (Å²) in [5, 5.41) is 25.3. The number of aromatic amines is 1. The average Bonchev–Trinajstić information content (AvgIpc) is 3.23. The maximum Gasteiger partial charge on any atom is 0.243 e. The van der Waals surface area contributed by atoms with Crippen molar-refractivity contribution in [1.82, 2.24) is 24.9 Å². The lowest BCUT2D eigenvalue weighted by Crippen LogP contribution is -2.43. The third-order valence-corrected chi connectivity index (χ3v) is 6.56. The summed E-state index contributed by atoms with van der Waals surface area (Å²) in [6.45, 7) is 2.59. The molecule has 10 heteroatoms. The molecular formula is C17H21N7O2S. The maximum atomic E-state index is 13.0. The van der Waals surface area contributed by atoms with Gasteiger partial charge in [-0.3, -0.25) is 0 Å². The van der Waals surface area contributed by atoms with Crippen LogP contribution in [0.3, 0.4) is 0 Å². The van der Waals surface area contributed by atoms with Crippen molar-refractivity contribution in [1.29, 1.82) is 5.26 Å². The van der Waals surface area contributed by atoms with Crippen molar-refractivity contribution < 1.29 is 8.42 Å². The zero-order valence-corrected chi connectivity index (χ0v) is 15.8.